The first-order chi connectivity index (χ1) is 10.7. The molecule has 0 radical (unpaired) electrons. The summed E-state index contributed by atoms with van der Waals surface area (Å²) in [6.45, 7) is 0.660. The van der Waals surface area contributed by atoms with Crippen molar-refractivity contribution in [2.75, 3.05) is 19.0 Å². The molecule has 1 aliphatic rings. The molecule has 0 fully saturated rings. The normalized spacial score (nSPS) is 13.8. The molecule has 7 heteroatoms. The van der Waals surface area contributed by atoms with Crippen molar-refractivity contribution in [1.29, 1.82) is 0 Å². The number of amides is 2. The van der Waals surface area contributed by atoms with E-state index in [2.05, 4.69) is 15.6 Å². The van der Waals surface area contributed by atoms with Crippen LogP contribution in [0.25, 0.3) is 0 Å². The van der Waals surface area contributed by atoms with Crippen LogP contribution >= 0.6 is 11.3 Å². The summed E-state index contributed by atoms with van der Waals surface area (Å²) in [6, 6.07) is 6.87. The van der Waals surface area contributed by atoms with Gasteiger partial charge in [0.15, 0.2) is 5.13 Å². The maximum absolute atomic E-state index is 12.2. The highest BCUT2D eigenvalue weighted by atomic mass is 32.1. The van der Waals surface area contributed by atoms with Crippen molar-refractivity contribution in [2.24, 2.45) is 0 Å². The number of ether oxygens (including phenoxy) is 1. The van der Waals surface area contributed by atoms with Crippen molar-refractivity contribution < 1.29 is 14.3 Å². The maximum Gasteiger partial charge on any atom is 0.263 e. The van der Waals surface area contributed by atoms with Gasteiger partial charge in [0.1, 0.15) is 10.6 Å². The number of methoxy groups -OCH3 is 1. The number of hydrogen-bond donors (Lipinski definition) is 2. The minimum atomic E-state index is -0.275. The minimum absolute atomic E-state index is 0.119. The highest BCUT2D eigenvalue weighted by molar-refractivity contribution is 7.17. The van der Waals surface area contributed by atoms with Crippen molar-refractivity contribution in [2.45, 2.75) is 12.8 Å². The maximum atomic E-state index is 12.2. The second kappa shape index (κ2) is 6.15. The van der Waals surface area contributed by atoms with Crippen molar-refractivity contribution in [3.05, 3.63) is 40.4 Å². The Bertz CT molecular complexity index is 727. The molecular formula is C15H15N3O3S. The van der Waals surface area contributed by atoms with E-state index in [1.807, 2.05) is 0 Å². The average Bonchev–Trinajstić information content (AvgIpc) is 2.86. The SMILES string of the molecule is COc1cccc(C(=O)Nc2nc3c(s2)C(=O)NCCC3)c1. The molecule has 2 N–H and O–H groups in total. The predicted molar refractivity (Wildman–Crippen MR) is 83.7 cm³/mol. The second-order valence-electron chi connectivity index (χ2n) is 4.84. The van der Waals surface area contributed by atoms with E-state index in [0.29, 0.717) is 27.9 Å². The van der Waals surface area contributed by atoms with Crippen LogP contribution in [0.5, 0.6) is 5.75 Å². The van der Waals surface area contributed by atoms with E-state index in [1.165, 1.54) is 11.3 Å². The Morgan fingerprint density at radius 3 is 3.14 bits per heavy atom. The molecule has 0 saturated carbocycles. The lowest BCUT2D eigenvalue weighted by Crippen LogP contribution is -2.21. The molecule has 0 atom stereocenters. The number of hydrogen-bond acceptors (Lipinski definition) is 5. The summed E-state index contributed by atoms with van der Waals surface area (Å²) < 4.78 is 5.10. The van der Waals surface area contributed by atoms with E-state index in [4.69, 9.17) is 4.74 Å². The number of rotatable bonds is 3. The fourth-order valence-electron chi connectivity index (χ4n) is 2.22. The molecule has 0 unspecified atom stereocenters. The summed E-state index contributed by atoms with van der Waals surface area (Å²) >= 11 is 1.20. The number of aromatic nitrogens is 1. The van der Waals surface area contributed by atoms with E-state index >= 15 is 0 Å². The number of carbonyl (C=O) groups excluding carboxylic acids is 2. The van der Waals surface area contributed by atoms with Gasteiger partial charge in [-0.05, 0) is 31.0 Å². The van der Waals surface area contributed by atoms with Crippen LogP contribution in [0, 0.1) is 0 Å². The number of thiazole rings is 1. The molecule has 1 aliphatic heterocycles. The van der Waals surface area contributed by atoms with Crippen LogP contribution < -0.4 is 15.4 Å². The van der Waals surface area contributed by atoms with E-state index in [9.17, 15) is 9.59 Å². The van der Waals surface area contributed by atoms with Crippen molar-refractivity contribution >= 4 is 28.3 Å². The molecule has 114 valence electrons. The first-order valence-electron chi connectivity index (χ1n) is 6.90. The van der Waals surface area contributed by atoms with E-state index in [1.54, 1.807) is 31.4 Å². The molecule has 2 aromatic rings. The smallest absolute Gasteiger partial charge is 0.263 e. The molecular weight excluding hydrogens is 302 g/mol. The predicted octanol–water partition coefficient (Wildman–Crippen LogP) is 2.08. The zero-order chi connectivity index (χ0) is 15.5. The second-order valence-corrected chi connectivity index (χ2v) is 5.84. The monoisotopic (exact) mass is 317 g/mol. The zero-order valence-corrected chi connectivity index (χ0v) is 12.8. The van der Waals surface area contributed by atoms with Crippen LogP contribution in [0.1, 0.15) is 32.1 Å². The number of nitrogens with one attached hydrogen (secondary N) is 2. The molecule has 0 bridgehead atoms. The van der Waals surface area contributed by atoms with Crippen molar-refractivity contribution in [3.8, 4) is 5.75 Å². The Hall–Kier alpha value is -2.41. The fraction of sp³-hybridized carbons (Fsp3) is 0.267. The van der Waals surface area contributed by atoms with Crippen molar-refractivity contribution in [1.82, 2.24) is 10.3 Å². The fourth-order valence-corrected chi connectivity index (χ4v) is 3.15. The third kappa shape index (κ3) is 2.94. The van der Waals surface area contributed by atoms with Crippen LogP contribution in [-0.2, 0) is 6.42 Å². The third-order valence-corrected chi connectivity index (χ3v) is 4.34. The van der Waals surface area contributed by atoms with Gasteiger partial charge in [-0.15, -0.1) is 0 Å². The Kier molecular flexibility index (Phi) is 4.06. The molecule has 22 heavy (non-hydrogen) atoms. The average molecular weight is 317 g/mol. The zero-order valence-electron chi connectivity index (χ0n) is 12.0. The number of fused-ring (bicyclic) bond motifs is 1. The van der Waals surface area contributed by atoms with Gasteiger partial charge in [-0.1, -0.05) is 17.4 Å². The lowest BCUT2D eigenvalue weighted by Gasteiger charge is -2.04. The van der Waals surface area contributed by atoms with Gasteiger partial charge in [0.25, 0.3) is 11.8 Å². The highest BCUT2D eigenvalue weighted by Crippen LogP contribution is 2.26. The first kappa shape index (κ1) is 14.5. The summed E-state index contributed by atoms with van der Waals surface area (Å²) in [5.41, 5.74) is 1.23. The molecule has 2 amide bonds. The summed E-state index contributed by atoms with van der Waals surface area (Å²) in [6.07, 6.45) is 1.59. The molecule has 6 nitrogen and oxygen atoms in total. The van der Waals surface area contributed by atoms with E-state index < -0.39 is 0 Å². The van der Waals surface area contributed by atoms with Gasteiger partial charge < -0.3 is 10.1 Å². The molecule has 0 saturated heterocycles. The lowest BCUT2D eigenvalue weighted by molar-refractivity contribution is 0.0958. The van der Waals surface area contributed by atoms with Gasteiger partial charge in [-0.3, -0.25) is 14.9 Å². The molecule has 3 rings (SSSR count). The first-order valence-corrected chi connectivity index (χ1v) is 7.72. The largest absolute Gasteiger partial charge is 0.497 e. The van der Waals surface area contributed by atoms with Crippen LogP contribution in [0.3, 0.4) is 0 Å². The van der Waals surface area contributed by atoms with Gasteiger partial charge >= 0.3 is 0 Å². The van der Waals surface area contributed by atoms with E-state index in [-0.39, 0.29) is 11.8 Å². The van der Waals surface area contributed by atoms with Crippen LogP contribution in [0.2, 0.25) is 0 Å². The standard InChI is InChI=1S/C15H15N3O3S/c1-21-10-5-2-4-9(8-10)13(19)18-15-17-11-6-3-7-16-14(20)12(11)22-15/h2,4-5,8H,3,6-7H2,1H3,(H,16,20)(H,17,18,19). The minimum Gasteiger partial charge on any atom is -0.497 e. The van der Waals surface area contributed by atoms with E-state index in [0.717, 1.165) is 18.5 Å². The number of aryl methyl sites for hydroxylation is 1. The number of carbonyl (C=O) groups is 2. The lowest BCUT2D eigenvalue weighted by atomic mass is 10.2. The third-order valence-electron chi connectivity index (χ3n) is 3.33. The number of benzene rings is 1. The Morgan fingerprint density at radius 1 is 1.45 bits per heavy atom. The van der Waals surface area contributed by atoms with Gasteiger partial charge in [0.2, 0.25) is 0 Å². The van der Waals surface area contributed by atoms with Gasteiger partial charge in [-0.25, -0.2) is 4.98 Å². The Labute approximate surface area is 131 Å². The Morgan fingerprint density at radius 2 is 2.32 bits per heavy atom. The summed E-state index contributed by atoms with van der Waals surface area (Å²) in [5, 5.41) is 6.00. The number of nitrogens with zero attached hydrogens (tertiary/aromatic N) is 1. The number of anilines is 1. The van der Waals surface area contributed by atoms with Gasteiger partial charge in [0.05, 0.1) is 12.8 Å². The molecule has 0 aliphatic carbocycles. The molecule has 0 spiro atoms. The summed E-state index contributed by atoms with van der Waals surface area (Å²) in [5.74, 6) is 0.219. The molecule has 2 heterocycles. The van der Waals surface area contributed by atoms with Crippen LogP contribution in [0.4, 0.5) is 5.13 Å². The van der Waals surface area contributed by atoms with Crippen molar-refractivity contribution in [3.63, 3.8) is 0 Å². The summed E-state index contributed by atoms with van der Waals surface area (Å²) in [4.78, 5) is 29.1. The van der Waals surface area contributed by atoms with Gasteiger partial charge in [-0.2, -0.15) is 0 Å². The van der Waals surface area contributed by atoms with Gasteiger partial charge in [0, 0.05) is 12.1 Å². The van der Waals surface area contributed by atoms with Crippen LogP contribution in [-0.4, -0.2) is 30.5 Å². The molecule has 1 aromatic carbocycles. The highest BCUT2D eigenvalue weighted by Gasteiger charge is 2.21. The topological polar surface area (TPSA) is 80.3 Å². The quantitative estimate of drug-likeness (QED) is 0.908. The van der Waals surface area contributed by atoms with Crippen LogP contribution in [0.15, 0.2) is 24.3 Å². The molecule has 1 aromatic heterocycles. The Balaban J connectivity index is 1.80. The summed E-state index contributed by atoms with van der Waals surface area (Å²) in [7, 11) is 1.55.